The van der Waals surface area contributed by atoms with Crippen molar-refractivity contribution in [3.05, 3.63) is 41.6 Å². The van der Waals surface area contributed by atoms with Crippen LogP contribution < -0.4 is 10.2 Å². The number of hydrogen-bond acceptors (Lipinski definition) is 4. The van der Waals surface area contributed by atoms with Crippen molar-refractivity contribution in [1.29, 1.82) is 0 Å². The number of alkyl halides is 3. The smallest absolute Gasteiger partial charge is 0.442 e. The van der Waals surface area contributed by atoms with Gasteiger partial charge in [-0.2, -0.15) is 13.2 Å². The first-order chi connectivity index (χ1) is 12.1. The largest absolute Gasteiger partial charge is 0.493 e. The van der Waals surface area contributed by atoms with Crippen molar-refractivity contribution in [2.24, 2.45) is 11.8 Å². The minimum atomic E-state index is -5.02. The summed E-state index contributed by atoms with van der Waals surface area (Å²) in [6.07, 6.45) is -2.86. The Kier molecular flexibility index (Phi) is 4.64. The standard InChI is InChI=1S/C18H21F3N2O3/c1-11(2)10-26-14-7-5-13(6-8-14)16(24)23-17(25,18(19,20)21)9-15(22-23)12-3-4-12/h5-9,11-12,22,25H,3-4,10H2,1-2H3. The van der Waals surface area contributed by atoms with Gasteiger partial charge in [-0.1, -0.05) is 13.8 Å². The Labute approximate surface area is 149 Å². The SMILES string of the molecule is CC(C)COc1ccc(C(=O)N2NC(C3CC3)=CC2(O)C(F)(F)F)cc1. The molecular weight excluding hydrogens is 349 g/mol. The van der Waals surface area contributed by atoms with Crippen molar-refractivity contribution in [1.82, 2.24) is 10.4 Å². The van der Waals surface area contributed by atoms with Crippen LogP contribution in [0.5, 0.6) is 5.75 Å². The number of hydrazine groups is 1. The topological polar surface area (TPSA) is 61.8 Å². The number of benzene rings is 1. The molecule has 1 aromatic carbocycles. The average molecular weight is 370 g/mol. The van der Waals surface area contributed by atoms with E-state index in [2.05, 4.69) is 5.43 Å². The van der Waals surface area contributed by atoms with Gasteiger partial charge in [-0.3, -0.25) is 10.2 Å². The van der Waals surface area contributed by atoms with Gasteiger partial charge in [-0.05, 0) is 43.0 Å². The molecule has 0 aromatic heterocycles. The summed E-state index contributed by atoms with van der Waals surface area (Å²) in [5, 5.41) is 10.4. The van der Waals surface area contributed by atoms with E-state index >= 15 is 0 Å². The third kappa shape index (κ3) is 3.51. The van der Waals surface area contributed by atoms with Crippen molar-refractivity contribution in [3.63, 3.8) is 0 Å². The molecule has 3 rings (SSSR count). The molecule has 2 N–H and O–H groups in total. The fourth-order valence-electron chi connectivity index (χ4n) is 2.63. The van der Waals surface area contributed by atoms with Crippen molar-refractivity contribution in [2.75, 3.05) is 6.61 Å². The highest BCUT2D eigenvalue weighted by atomic mass is 19.4. The minimum absolute atomic E-state index is 0.0162. The molecule has 26 heavy (non-hydrogen) atoms. The van der Waals surface area contributed by atoms with Gasteiger partial charge in [0, 0.05) is 23.3 Å². The van der Waals surface area contributed by atoms with E-state index in [0.717, 1.165) is 12.8 Å². The molecule has 1 aliphatic heterocycles. The molecule has 8 heteroatoms. The van der Waals surface area contributed by atoms with Gasteiger partial charge in [0.25, 0.3) is 11.6 Å². The minimum Gasteiger partial charge on any atom is -0.493 e. The van der Waals surface area contributed by atoms with Crippen LogP contribution in [0.15, 0.2) is 36.0 Å². The quantitative estimate of drug-likeness (QED) is 0.836. The van der Waals surface area contributed by atoms with Crippen LogP contribution >= 0.6 is 0 Å². The molecule has 2 aliphatic rings. The molecule has 5 nitrogen and oxygen atoms in total. The van der Waals surface area contributed by atoms with Crippen LogP contribution in [-0.4, -0.2) is 34.5 Å². The number of hydrogen-bond donors (Lipinski definition) is 2. The van der Waals surface area contributed by atoms with Crippen LogP contribution in [0.25, 0.3) is 0 Å². The number of carbonyl (C=O) groups excluding carboxylic acids is 1. The number of rotatable bonds is 5. The summed E-state index contributed by atoms with van der Waals surface area (Å²) in [5.41, 5.74) is -0.672. The van der Waals surface area contributed by atoms with Crippen LogP contribution in [0.1, 0.15) is 37.0 Å². The summed E-state index contributed by atoms with van der Waals surface area (Å²) < 4.78 is 45.8. The van der Waals surface area contributed by atoms with Crippen molar-refractivity contribution in [2.45, 2.75) is 38.6 Å². The van der Waals surface area contributed by atoms with Crippen molar-refractivity contribution in [3.8, 4) is 5.75 Å². The Bertz CT molecular complexity index is 711. The molecule has 1 unspecified atom stereocenters. The third-order valence-corrected chi connectivity index (χ3v) is 4.26. The van der Waals surface area contributed by atoms with E-state index in [0.29, 0.717) is 24.4 Å². The molecule has 1 fully saturated rings. The number of carbonyl (C=O) groups is 1. The summed E-state index contributed by atoms with van der Waals surface area (Å²) in [5.74, 6) is -0.202. The lowest BCUT2D eigenvalue weighted by Gasteiger charge is -2.33. The molecule has 1 saturated carbocycles. The maximum atomic E-state index is 13.4. The Morgan fingerprint density at radius 1 is 1.35 bits per heavy atom. The number of ether oxygens (including phenoxy) is 1. The zero-order valence-electron chi connectivity index (χ0n) is 14.5. The number of halogens is 3. The van der Waals surface area contributed by atoms with Gasteiger partial charge in [0.05, 0.1) is 6.61 Å². The summed E-state index contributed by atoms with van der Waals surface area (Å²) in [4.78, 5) is 12.6. The summed E-state index contributed by atoms with van der Waals surface area (Å²) in [6, 6.07) is 5.80. The zero-order chi connectivity index (χ0) is 19.1. The Balaban J connectivity index is 1.80. The maximum Gasteiger partial charge on any atom is 0.442 e. The van der Waals surface area contributed by atoms with Gasteiger partial charge in [-0.15, -0.1) is 0 Å². The molecule has 142 valence electrons. The predicted molar refractivity (Wildman–Crippen MR) is 87.9 cm³/mol. The molecule has 0 spiro atoms. The highest BCUT2D eigenvalue weighted by Crippen LogP contribution is 2.44. The fraction of sp³-hybridized carbons (Fsp3) is 0.500. The summed E-state index contributed by atoms with van der Waals surface area (Å²) in [7, 11) is 0. The molecule has 1 aliphatic carbocycles. The van der Waals surface area contributed by atoms with E-state index in [9.17, 15) is 23.1 Å². The van der Waals surface area contributed by atoms with Gasteiger partial charge in [0.15, 0.2) is 0 Å². The van der Waals surface area contributed by atoms with Crippen LogP contribution in [0.4, 0.5) is 13.2 Å². The fourth-order valence-corrected chi connectivity index (χ4v) is 2.63. The normalized spacial score (nSPS) is 23.0. The number of amides is 1. The second-order valence-electron chi connectivity index (χ2n) is 7.08. The van der Waals surface area contributed by atoms with Crippen LogP contribution in [0, 0.1) is 11.8 Å². The van der Waals surface area contributed by atoms with Crippen molar-refractivity contribution >= 4 is 5.91 Å². The first-order valence-corrected chi connectivity index (χ1v) is 8.48. The first-order valence-electron chi connectivity index (χ1n) is 8.48. The maximum absolute atomic E-state index is 13.4. The lowest BCUT2D eigenvalue weighted by molar-refractivity contribution is -0.283. The van der Waals surface area contributed by atoms with E-state index in [-0.39, 0.29) is 22.2 Å². The molecular formula is C18H21F3N2O3. The number of nitrogens with one attached hydrogen (secondary N) is 1. The lowest BCUT2D eigenvalue weighted by atomic mass is 10.1. The van der Waals surface area contributed by atoms with Crippen LogP contribution in [-0.2, 0) is 0 Å². The molecule has 1 amide bonds. The van der Waals surface area contributed by atoms with Gasteiger partial charge < -0.3 is 9.84 Å². The zero-order valence-corrected chi connectivity index (χ0v) is 14.5. The van der Waals surface area contributed by atoms with E-state index in [4.69, 9.17) is 4.74 Å². The Hall–Kier alpha value is -2.22. The number of nitrogens with zero attached hydrogens (tertiary/aromatic N) is 1. The Morgan fingerprint density at radius 2 is 1.96 bits per heavy atom. The first kappa shape index (κ1) is 18.6. The second kappa shape index (κ2) is 6.50. The second-order valence-corrected chi connectivity index (χ2v) is 7.08. The summed E-state index contributed by atoms with van der Waals surface area (Å²) >= 11 is 0. The number of allylic oxidation sites excluding steroid dienone is 1. The van der Waals surface area contributed by atoms with E-state index in [1.807, 2.05) is 13.8 Å². The molecule has 1 atom stereocenters. The van der Waals surface area contributed by atoms with E-state index in [1.54, 1.807) is 0 Å². The van der Waals surface area contributed by atoms with Gasteiger partial charge in [0.1, 0.15) is 5.75 Å². The van der Waals surface area contributed by atoms with Crippen LogP contribution in [0.2, 0.25) is 0 Å². The average Bonchev–Trinajstić information content (AvgIpc) is 3.35. The molecule has 1 heterocycles. The predicted octanol–water partition coefficient (Wildman–Crippen LogP) is 3.23. The summed E-state index contributed by atoms with van der Waals surface area (Å²) in [6.45, 7) is 4.46. The number of aliphatic hydroxyl groups is 1. The highest BCUT2D eigenvalue weighted by Gasteiger charge is 2.62. The van der Waals surface area contributed by atoms with E-state index < -0.39 is 17.8 Å². The lowest BCUT2D eigenvalue weighted by Crippen LogP contribution is -2.60. The van der Waals surface area contributed by atoms with E-state index in [1.165, 1.54) is 24.3 Å². The van der Waals surface area contributed by atoms with Crippen molar-refractivity contribution < 1.29 is 27.8 Å². The van der Waals surface area contributed by atoms with Gasteiger partial charge in [0.2, 0.25) is 0 Å². The monoisotopic (exact) mass is 370 g/mol. The highest BCUT2D eigenvalue weighted by molar-refractivity contribution is 5.95. The third-order valence-electron chi connectivity index (χ3n) is 4.26. The molecule has 0 bridgehead atoms. The van der Waals surface area contributed by atoms with Gasteiger partial charge in [-0.25, -0.2) is 5.01 Å². The molecule has 1 aromatic rings. The molecule has 0 saturated heterocycles. The van der Waals surface area contributed by atoms with Crippen LogP contribution in [0.3, 0.4) is 0 Å². The van der Waals surface area contributed by atoms with Gasteiger partial charge >= 0.3 is 6.18 Å². The Morgan fingerprint density at radius 3 is 2.46 bits per heavy atom. The molecule has 0 radical (unpaired) electrons.